The van der Waals surface area contributed by atoms with Crippen LogP contribution in [0, 0.1) is 13.8 Å². The highest BCUT2D eigenvalue weighted by atomic mass is 16.5. The van der Waals surface area contributed by atoms with Crippen LogP contribution in [0.1, 0.15) is 24.5 Å². The van der Waals surface area contributed by atoms with Crippen molar-refractivity contribution in [2.24, 2.45) is 0 Å². The Balaban J connectivity index is 1.85. The number of rotatable bonds is 5. The Labute approximate surface area is 143 Å². The molecule has 1 heterocycles. The minimum atomic E-state index is -0.480. The van der Waals surface area contributed by atoms with Gasteiger partial charge in [0.1, 0.15) is 17.9 Å². The summed E-state index contributed by atoms with van der Waals surface area (Å²) < 4.78 is 6.01. The van der Waals surface area contributed by atoms with Crippen molar-refractivity contribution in [3.05, 3.63) is 29.3 Å². The van der Waals surface area contributed by atoms with E-state index in [9.17, 15) is 9.59 Å². The third-order valence-electron chi connectivity index (χ3n) is 4.27. The lowest BCUT2D eigenvalue weighted by atomic mass is 10.1. The first-order chi connectivity index (χ1) is 11.3. The van der Waals surface area contributed by atoms with E-state index < -0.39 is 6.04 Å². The molecule has 0 aliphatic carbocycles. The molecule has 3 amide bonds. The van der Waals surface area contributed by atoms with Crippen LogP contribution in [0.4, 0.5) is 4.79 Å². The lowest BCUT2D eigenvalue weighted by Crippen LogP contribution is -2.61. The molecule has 2 rings (SSSR count). The summed E-state index contributed by atoms with van der Waals surface area (Å²) in [5.74, 6) is 0.812. The Morgan fingerprint density at radius 2 is 1.88 bits per heavy atom. The zero-order valence-electron chi connectivity index (χ0n) is 15.1. The van der Waals surface area contributed by atoms with Gasteiger partial charge in [0.2, 0.25) is 5.91 Å². The molecule has 6 nitrogen and oxygen atoms in total. The first-order valence-corrected chi connectivity index (χ1v) is 8.33. The molecule has 24 heavy (non-hydrogen) atoms. The topological polar surface area (TPSA) is 61.9 Å². The number of ether oxygens (including phenoxy) is 1. The van der Waals surface area contributed by atoms with Gasteiger partial charge in [0.15, 0.2) is 0 Å². The number of carbonyl (C=O) groups is 2. The number of nitrogens with one attached hydrogen (secondary N) is 1. The molecule has 1 aliphatic rings. The highest BCUT2D eigenvalue weighted by molar-refractivity contribution is 5.87. The quantitative estimate of drug-likeness (QED) is 0.896. The van der Waals surface area contributed by atoms with Gasteiger partial charge in [-0.05, 0) is 31.4 Å². The van der Waals surface area contributed by atoms with Crippen LogP contribution >= 0.6 is 0 Å². The van der Waals surface area contributed by atoms with E-state index in [-0.39, 0.29) is 18.0 Å². The number of likely N-dealkylation sites (N-methyl/N-ethyl adjacent to an activating group) is 1. The summed E-state index contributed by atoms with van der Waals surface area (Å²) in [6, 6.07) is 5.35. The fraction of sp³-hybridized carbons (Fsp3) is 0.556. The van der Waals surface area contributed by atoms with E-state index in [0.29, 0.717) is 19.5 Å². The molecule has 1 aromatic rings. The average molecular weight is 333 g/mol. The maximum Gasteiger partial charge on any atom is 0.318 e. The summed E-state index contributed by atoms with van der Waals surface area (Å²) >= 11 is 0. The third kappa shape index (κ3) is 3.99. The molecule has 0 aromatic heterocycles. The van der Waals surface area contributed by atoms with Gasteiger partial charge in [-0.3, -0.25) is 4.79 Å². The predicted octanol–water partition coefficient (Wildman–Crippen LogP) is 1.94. The minimum absolute atomic E-state index is 0.000164. The van der Waals surface area contributed by atoms with Crippen molar-refractivity contribution >= 4 is 11.9 Å². The number of hydrogen-bond donors (Lipinski definition) is 1. The number of aryl methyl sites for hydroxylation is 2. The molecule has 1 fully saturated rings. The summed E-state index contributed by atoms with van der Waals surface area (Å²) in [6.07, 6.45) is 0.569. The van der Waals surface area contributed by atoms with Crippen LogP contribution in [0.5, 0.6) is 5.75 Å². The second kappa shape index (κ2) is 7.55. The van der Waals surface area contributed by atoms with Gasteiger partial charge >= 0.3 is 6.03 Å². The predicted molar refractivity (Wildman–Crippen MR) is 93.2 cm³/mol. The fourth-order valence-electron chi connectivity index (χ4n) is 2.72. The van der Waals surface area contributed by atoms with Gasteiger partial charge in [0.25, 0.3) is 0 Å². The Morgan fingerprint density at radius 3 is 2.38 bits per heavy atom. The molecule has 0 saturated carbocycles. The van der Waals surface area contributed by atoms with Gasteiger partial charge in [-0.25, -0.2) is 4.79 Å². The zero-order chi connectivity index (χ0) is 17.9. The minimum Gasteiger partial charge on any atom is -0.486 e. The van der Waals surface area contributed by atoms with Gasteiger partial charge in [-0.15, -0.1) is 0 Å². The fourth-order valence-corrected chi connectivity index (χ4v) is 2.72. The second-order valence-electron chi connectivity index (χ2n) is 6.51. The van der Waals surface area contributed by atoms with E-state index in [1.165, 1.54) is 4.90 Å². The number of amides is 3. The van der Waals surface area contributed by atoms with Crippen molar-refractivity contribution < 1.29 is 14.3 Å². The van der Waals surface area contributed by atoms with E-state index >= 15 is 0 Å². The standard InChI is InChI=1S/C18H27N3O3/c1-6-15(17(22)20(4)5)19-18(23)21-10-14(11-21)24-16-12(2)8-7-9-13(16)3/h7-9,14-15H,6,10-11H2,1-5H3,(H,19,23)/t15-/m1/s1. The number of nitrogens with zero attached hydrogens (tertiary/aromatic N) is 2. The van der Waals surface area contributed by atoms with Gasteiger partial charge in [-0.2, -0.15) is 0 Å². The number of para-hydroxylation sites is 1. The van der Waals surface area contributed by atoms with Crippen molar-refractivity contribution in [3.8, 4) is 5.75 Å². The van der Waals surface area contributed by atoms with Gasteiger partial charge in [-0.1, -0.05) is 25.1 Å². The van der Waals surface area contributed by atoms with Crippen LogP contribution in [0.15, 0.2) is 18.2 Å². The molecule has 1 atom stereocenters. The summed E-state index contributed by atoms with van der Waals surface area (Å²) in [6.45, 7) is 6.99. The molecule has 0 radical (unpaired) electrons. The second-order valence-corrected chi connectivity index (χ2v) is 6.51. The lowest BCUT2D eigenvalue weighted by molar-refractivity contribution is -0.130. The molecule has 0 bridgehead atoms. The number of likely N-dealkylation sites (tertiary alicyclic amines) is 1. The summed E-state index contributed by atoms with van der Waals surface area (Å²) in [5.41, 5.74) is 2.20. The molecule has 1 aromatic carbocycles. The molecule has 1 aliphatic heterocycles. The largest absolute Gasteiger partial charge is 0.486 e. The van der Waals surface area contributed by atoms with E-state index in [1.807, 2.05) is 39.0 Å². The highest BCUT2D eigenvalue weighted by Crippen LogP contribution is 2.26. The molecular weight excluding hydrogens is 306 g/mol. The highest BCUT2D eigenvalue weighted by Gasteiger charge is 2.34. The Hall–Kier alpha value is -2.24. The van der Waals surface area contributed by atoms with Crippen LogP contribution < -0.4 is 10.1 Å². The van der Waals surface area contributed by atoms with Gasteiger partial charge < -0.3 is 19.9 Å². The maximum atomic E-state index is 12.2. The number of urea groups is 1. The first-order valence-electron chi connectivity index (χ1n) is 8.33. The van der Waals surface area contributed by atoms with Crippen LogP contribution in [0.2, 0.25) is 0 Å². The van der Waals surface area contributed by atoms with Gasteiger partial charge in [0, 0.05) is 14.1 Å². The lowest BCUT2D eigenvalue weighted by Gasteiger charge is -2.40. The Kier molecular flexibility index (Phi) is 5.70. The van der Waals surface area contributed by atoms with Crippen LogP contribution in [-0.4, -0.2) is 61.1 Å². The van der Waals surface area contributed by atoms with E-state index in [0.717, 1.165) is 16.9 Å². The SMILES string of the molecule is CC[C@@H](NC(=O)N1CC(Oc2c(C)cccc2C)C1)C(=O)N(C)C. The average Bonchev–Trinajstić information content (AvgIpc) is 2.49. The van der Waals surface area contributed by atoms with Crippen LogP contribution in [0.25, 0.3) is 0 Å². The van der Waals surface area contributed by atoms with Crippen LogP contribution in [-0.2, 0) is 4.79 Å². The zero-order valence-corrected chi connectivity index (χ0v) is 15.1. The van der Waals surface area contributed by atoms with Crippen molar-refractivity contribution in [3.63, 3.8) is 0 Å². The molecule has 1 saturated heterocycles. The van der Waals surface area contributed by atoms with Crippen molar-refractivity contribution in [2.75, 3.05) is 27.2 Å². The summed E-state index contributed by atoms with van der Waals surface area (Å²) in [5, 5.41) is 2.80. The normalized spacial score (nSPS) is 15.5. The summed E-state index contributed by atoms with van der Waals surface area (Å²) in [4.78, 5) is 27.4. The number of benzene rings is 1. The van der Waals surface area contributed by atoms with E-state index in [4.69, 9.17) is 4.74 Å². The van der Waals surface area contributed by atoms with Crippen LogP contribution in [0.3, 0.4) is 0 Å². The van der Waals surface area contributed by atoms with Crippen molar-refractivity contribution in [1.29, 1.82) is 0 Å². The summed E-state index contributed by atoms with van der Waals surface area (Å²) in [7, 11) is 3.38. The number of carbonyl (C=O) groups excluding carboxylic acids is 2. The first kappa shape index (κ1) is 18.1. The molecule has 0 spiro atoms. The molecule has 1 N–H and O–H groups in total. The Morgan fingerprint density at radius 1 is 1.29 bits per heavy atom. The molecular formula is C18H27N3O3. The maximum absolute atomic E-state index is 12.2. The third-order valence-corrected chi connectivity index (χ3v) is 4.27. The van der Waals surface area contributed by atoms with Crippen molar-refractivity contribution in [1.82, 2.24) is 15.1 Å². The van der Waals surface area contributed by atoms with Crippen molar-refractivity contribution in [2.45, 2.75) is 39.3 Å². The molecule has 0 unspecified atom stereocenters. The Bertz CT molecular complexity index is 589. The van der Waals surface area contributed by atoms with Gasteiger partial charge in [0.05, 0.1) is 13.1 Å². The van der Waals surface area contributed by atoms with E-state index in [1.54, 1.807) is 19.0 Å². The molecule has 6 heteroatoms. The smallest absolute Gasteiger partial charge is 0.318 e. The monoisotopic (exact) mass is 333 g/mol. The number of hydrogen-bond acceptors (Lipinski definition) is 3. The molecule has 132 valence electrons. The van der Waals surface area contributed by atoms with E-state index in [2.05, 4.69) is 5.32 Å².